The number of amides is 1. The third-order valence-corrected chi connectivity index (χ3v) is 3.84. The Balaban J connectivity index is 1.89. The molecule has 2 rings (SSSR count). The molecule has 1 aromatic rings. The van der Waals surface area contributed by atoms with Crippen molar-refractivity contribution in [3.63, 3.8) is 0 Å². The lowest BCUT2D eigenvalue weighted by Crippen LogP contribution is -2.53. The zero-order valence-corrected chi connectivity index (χ0v) is 14.8. The second-order valence-electron chi connectivity index (χ2n) is 5.80. The van der Waals surface area contributed by atoms with Crippen molar-refractivity contribution in [3.05, 3.63) is 18.5 Å². The summed E-state index contributed by atoms with van der Waals surface area (Å²) in [6.07, 6.45) is 3.96. The van der Waals surface area contributed by atoms with Gasteiger partial charge in [0.05, 0.1) is 6.54 Å². The van der Waals surface area contributed by atoms with Crippen LogP contribution in [0.2, 0.25) is 0 Å². The van der Waals surface area contributed by atoms with E-state index in [1.54, 1.807) is 31.4 Å². The number of hydrogen-bond acceptors (Lipinski definition) is 5. The molecule has 1 saturated heterocycles. The van der Waals surface area contributed by atoms with Gasteiger partial charge in [-0.2, -0.15) is 0 Å². The Bertz CT molecular complexity index is 539. The minimum absolute atomic E-state index is 0.0978. The number of carbonyl (C=O) groups excluding carboxylic acids is 1. The fourth-order valence-corrected chi connectivity index (χ4v) is 2.48. The third kappa shape index (κ3) is 5.07. The van der Waals surface area contributed by atoms with E-state index in [-0.39, 0.29) is 5.91 Å². The maximum atomic E-state index is 11.7. The molecule has 132 valence electrons. The van der Waals surface area contributed by atoms with Crippen molar-refractivity contribution in [1.29, 1.82) is 0 Å². The molecule has 2 heterocycles. The van der Waals surface area contributed by atoms with Gasteiger partial charge in [-0.05, 0) is 13.0 Å². The predicted molar refractivity (Wildman–Crippen MR) is 95.1 cm³/mol. The Labute approximate surface area is 143 Å². The molecule has 0 spiro atoms. The Hall–Kier alpha value is -2.38. The number of anilines is 1. The number of aliphatic imine (C=N–C) groups is 1. The molecule has 0 unspecified atom stereocenters. The highest BCUT2D eigenvalue weighted by molar-refractivity contribution is 5.81. The Morgan fingerprint density at radius 3 is 2.50 bits per heavy atom. The molecular weight excluding hydrogens is 306 g/mol. The molecule has 0 atom stereocenters. The van der Waals surface area contributed by atoms with Gasteiger partial charge >= 0.3 is 0 Å². The van der Waals surface area contributed by atoms with Crippen molar-refractivity contribution in [2.24, 2.45) is 4.99 Å². The summed E-state index contributed by atoms with van der Waals surface area (Å²) in [4.78, 5) is 30.9. The van der Waals surface area contributed by atoms with Gasteiger partial charge in [-0.1, -0.05) is 0 Å². The summed E-state index contributed by atoms with van der Waals surface area (Å²) < 4.78 is 0. The highest BCUT2D eigenvalue weighted by Gasteiger charge is 2.21. The number of piperazine rings is 1. The van der Waals surface area contributed by atoms with Crippen LogP contribution in [0.15, 0.2) is 23.5 Å². The van der Waals surface area contributed by atoms with E-state index < -0.39 is 0 Å². The van der Waals surface area contributed by atoms with Gasteiger partial charge in [-0.3, -0.25) is 9.79 Å². The van der Waals surface area contributed by atoms with Crippen molar-refractivity contribution in [2.75, 3.05) is 58.3 Å². The van der Waals surface area contributed by atoms with E-state index in [0.29, 0.717) is 13.0 Å². The summed E-state index contributed by atoms with van der Waals surface area (Å²) in [6.45, 7) is 6.77. The molecule has 1 N–H and O–H groups in total. The quantitative estimate of drug-likeness (QED) is 0.606. The molecule has 0 aliphatic carbocycles. The summed E-state index contributed by atoms with van der Waals surface area (Å²) in [7, 11) is 3.53. The molecule has 1 aromatic heterocycles. The van der Waals surface area contributed by atoms with E-state index in [9.17, 15) is 4.79 Å². The molecule has 0 bridgehead atoms. The van der Waals surface area contributed by atoms with Crippen LogP contribution in [0.4, 0.5) is 5.95 Å². The van der Waals surface area contributed by atoms with Gasteiger partial charge in [0.25, 0.3) is 0 Å². The molecular formula is C16H27N7O. The largest absolute Gasteiger partial charge is 0.357 e. The van der Waals surface area contributed by atoms with Crippen molar-refractivity contribution in [3.8, 4) is 0 Å². The van der Waals surface area contributed by atoms with E-state index in [4.69, 9.17) is 0 Å². The van der Waals surface area contributed by atoms with Gasteiger partial charge in [0.1, 0.15) is 0 Å². The molecule has 1 fully saturated rings. The zero-order valence-electron chi connectivity index (χ0n) is 14.8. The number of nitrogens with one attached hydrogen (secondary N) is 1. The van der Waals surface area contributed by atoms with E-state index in [2.05, 4.69) is 37.0 Å². The highest BCUT2D eigenvalue weighted by Crippen LogP contribution is 2.09. The van der Waals surface area contributed by atoms with Crippen LogP contribution in [0.25, 0.3) is 0 Å². The van der Waals surface area contributed by atoms with Gasteiger partial charge in [0.2, 0.25) is 11.9 Å². The summed E-state index contributed by atoms with van der Waals surface area (Å²) in [5, 5.41) is 3.31. The molecule has 24 heavy (non-hydrogen) atoms. The molecule has 1 amide bonds. The molecule has 0 radical (unpaired) electrons. The lowest BCUT2D eigenvalue weighted by atomic mass is 10.3. The first-order valence-corrected chi connectivity index (χ1v) is 8.37. The number of nitrogens with zero attached hydrogens (tertiary/aromatic N) is 6. The first kappa shape index (κ1) is 18.0. The second kappa shape index (κ2) is 9.05. The number of rotatable bonds is 5. The Morgan fingerprint density at radius 2 is 1.92 bits per heavy atom. The van der Waals surface area contributed by atoms with Gasteiger partial charge < -0.3 is 20.0 Å². The SMILES string of the molecule is CCNC(=NCCC(=O)N(C)C)N1CCN(c2ncccn2)CC1. The van der Waals surface area contributed by atoms with Crippen LogP contribution in [0.5, 0.6) is 0 Å². The standard InChI is InChI=1S/C16H27N7O/c1-4-17-15(20-9-6-14(24)21(2)3)22-10-12-23(13-11-22)16-18-7-5-8-19-16/h5,7-8H,4,6,9-13H2,1-3H3,(H,17,20). The van der Waals surface area contributed by atoms with Crippen molar-refractivity contribution < 1.29 is 4.79 Å². The monoisotopic (exact) mass is 333 g/mol. The highest BCUT2D eigenvalue weighted by atomic mass is 16.2. The Kier molecular flexibility index (Phi) is 6.77. The zero-order chi connectivity index (χ0) is 17.4. The van der Waals surface area contributed by atoms with Crippen molar-refractivity contribution in [1.82, 2.24) is 25.1 Å². The minimum atomic E-state index is 0.0978. The van der Waals surface area contributed by atoms with E-state index in [1.165, 1.54) is 0 Å². The fraction of sp³-hybridized carbons (Fsp3) is 0.625. The lowest BCUT2D eigenvalue weighted by molar-refractivity contribution is -0.128. The second-order valence-corrected chi connectivity index (χ2v) is 5.80. The minimum Gasteiger partial charge on any atom is -0.357 e. The number of hydrogen-bond donors (Lipinski definition) is 1. The fourth-order valence-electron chi connectivity index (χ4n) is 2.48. The van der Waals surface area contributed by atoms with Crippen LogP contribution < -0.4 is 10.2 Å². The smallest absolute Gasteiger partial charge is 0.225 e. The molecule has 8 nitrogen and oxygen atoms in total. The van der Waals surface area contributed by atoms with E-state index in [1.807, 2.05) is 6.07 Å². The van der Waals surface area contributed by atoms with Crippen LogP contribution in [0.3, 0.4) is 0 Å². The van der Waals surface area contributed by atoms with Gasteiger partial charge in [0, 0.05) is 65.6 Å². The maximum absolute atomic E-state index is 11.7. The summed E-state index contributed by atoms with van der Waals surface area (Å²) in [5.41, 5.74) is 0. The predicted octanol–water partition coefficient (Wildman–Crippen LogP) is 0.0424. The van der Waals surface area contributed by atoms with Gasteiger partial charge in [-0.25, -0.2) is 9.97 Å². The van der Waals surface area contributed by atoms with E-state index in [0.717, 1.165) is 44.6 Å². The van der Waals surface area contributed by atoms with Crippen LogP contribution in [-0.4, -0.2) is 85.0 Å². The average molecular weight is 333 g/mol. The normalized spacial score (nSPS) is 15.4. The van der Waals surface area contributed by atoms with E-state index >= 15 is 0 Å². The lowest BCUT2D eigenvalue weighted by Gasteiger charge is -2.36. The first-order chi connectivity index (χ1) is 11.6. The molecule has 0 saturated carbocycles. The summed E-state index contributed by atoms with van der Waals surface area (Å²) in [5.74, 6) is 1.74. The topological polar surface area (TPSA) is 77.0 Å². The van der Waals surface area contributed by atoms with Crippen LogP contribution >= 0.6 is 0 Å². The summed E-state index contributed by atoms with van der Waals surface area (Å²) in [6, 6.07) is 1.82. The number of carbonyl (C=O) groups is 1. The van der Waals surface area contributed by atoms with Crippen molar-refractivity contribution >= 4 is 17.8 Å². The Morgan fingerprint density at radius 1 is 1.25 bits per heavy atom. The van der Waals surface area contributed by atoms with Crippen molar-refractivity contribution in [2.45, 2.75) is 13.3 Å². The number of guanidine groups is 1. The van der Waals surface area contributed by atoms with Crippen LogP contribution in [0, 0.1) is 0 Å². The summed E-state index contributed by atoms with van der Waals surface area (Å²) >= 11 is 0. The van der Waals surface area contributed by atoms with Gasteiger partial charge in [-0.15, -0.1) is 0 Å². The van der Waals surface area contributed by atoms with Crippen LogP contribution in [-0.2, 0) is 4.79 Å². The maximum Gasteiger partial charge on any atom is 0.225 e. The average Bonchev–Trinajstić information content (AvgIpc) is 2.61. The molecule has 0 aromatic carbocycles. The third-order valence-electron chi connectivity index (χ3n) is 3.84. The van der Waals surface area contributed by atoms with Gasteiger partial charge in [0.15, 0.2) is 5.96 Å². The molecule has 1 aliphatic rings. The molecule has 1 aliphatic heterocycles. The molecule has 8 heteroatoms. The first-order valence-electron chi connectivity index (χ1n) is 8.37. The van der Waals surface area contributed by atoms with Crippen LogP contribution in [0.1, 0.15) is 13.3 Å². The number of aromatic nitrogens is 2.